The van der Waals surface area contributed by atoms with Crippen LogP contribution in [-0.2, 0) is 4.74 Å². The SMILES string of the molecule is COC(=O)c1ccc(Oc2ncc(C=O)c(C)n2)cc1. The Labute approximate surface area is 115 Å². The van der Waals surface area contributed by atoms with E-state index in [2.05, 4.69) is 14.7 Å². The van der Waals surface area contributed by atoms with Crippen LogP contribution in [0.15, 0.2) is 30.5 Å². The highest BCUT2D eigenvalue weighted by molar-refractivity contribution is 5.89. The first-order valence-corrected chi connectivity index (χ1v) is 5.79. The minimum Gasteiger partial charge on any atom is -0.465 e. The third kappa shape index (κ3) is 2.97. The molecule has 0 radical (unpaired) electrons. The van der Waals surface area contributed by atoms with Gasteiger partial charge in [0.15, 0.2) is 6.29 Å². The van der Waals surface area contributed by atoms with Gasteiger partial charge in [-0.2, -0.15) is 4.98 Å². The molecule has 0 saturated carbocycles. The second-order valence-corrected chi connectivity index (χ2v) is 3.93. The quantitative estimate of drug-likeness (QED) is 0.627. The summed E-state index contributed by atoms with van der Waals surface area (Å²) in [5.41, 5.74) is 1.38. The van der Waals surface area contributed by atoms with Crippen LogP contribution in [0.5, 0.6) is 11.8 Å². The van der Waals surface area contributed by atoms with Crippen LogP contribution in [0.1, 0.15) is 26.4 Å². The van der Waals surface area contributed by atoms with Crippen LogP contribution in [-0.4, -0.2) is 29.3 Å². The molecule has 0 N–H and O–H groups in total. The summed E-state index contributed by atoms with van der Waals surface area (Å²) in [4.78, 5) is 29.9. The van der Waals surface area contributed by atoms with E-state index in [1.165, 1.54) is 13.3 Å². The smallest absolute Gasteiger partial charge is 0.337 e. The van der Waals surface area contributed by atoms with Gasteiger partial charge in [0.25, 0.3) is 0 Å². The lowest BCUT2D eigenvalue weighted by Gasteiger charge is -2.05. The molecule has 0 spiro atoms. The topological polar surface area (TPSA) is 78.4 Å². The number of aldehydes is 1. The number of aryl methyl sites for hydroxylation is 1. The number of carbonyl (C=O) groups is 2. The number of benzene rings is 1. The minimum absolute atomic E-state index is 0.138. The first-order valence-electron chi connectivity index (χ1n) is 5.79. The largest absolute Gasteiger partial charge is 0.465 e. The van der Waals surface area contributed by atoms with E-state index in [1.54, 1.807) is 31.2 Å². The number of methoxy groups -OCH3 is 1. The first kappa shape index (κ1) is 13.7. The fraction of sp³-hybridized carbons (Fsp3) is 0.143. The molecule has 102 valence electrons. The number of ether oxygens (including phenoxy) is 2. The summed E-state index contributed by atoms with van der Waals surface area (Å²) >= 11 is 0. The highest BCUT2D eigenvalue weighted by Crippen LogP contribution is 2.19. The van der Waals surface area contributed by atoms with Crippen LogP contribution in [0.3, 0.4) is 0 Å². The normalized spacial score (nSPS) is 9.90. The van der Waals surface area contributed by atoms with Crippen LogP contribution in [0.2, 0.25) is 0 Å². The molecule has 6 nitrogen and oxygen atoms in total. The van der Waals surface area contributed by atoms with E-state index in [9.17, 15) is 9.59 Å². The van der Waals surface area contributed by atoms with Crippen molar-refractivity contribution in [2.24, 2.45) is 0 Å². The molecule has 0 atom stereocenters. The van der Waals surface area contributed by atoms with E-state index in [-0.39, 0.29) is 6.01 Å². The molecule has 0 aliphatic heterocycles. The third-order valence-electron chi connectivity index (χ3n) is 2.61. The molecule has 0 bridgehead atoms. The van der Waals surface area contributed by atoms with Crippen LogP contribution < -0.4 is 4.74 Å². The highest BCUT2D eigenvalue weighted by atomic mass is 16.5. The monoisotopic (exact) mass is 272 g/mol. The van der Waals surface area contributed by atoms with E-state index in [1.807, 2.05) is 0 Å². The predicted octanol–water partition coefficient (Wildman–Crippen LogP) is 2.18. The third-order valence-corrected chi connectivity index (χ3v) is 2.61. The van der Waals surface area contributed by atoms with Crippen molar-refractivity contribution in [3.8, 4) is 11.8 Å². The van der Waals surface area contributed by atoms with Crippen molar-refractivity contribution in [3.05, 3.63) is 47.3 Å². The molecular weight excluding hydrogens is 260 g/mol. The zero-order valence-corrected chi connectivity index (χ0v) is 11.0. The summed E-state index contributed by atoms with van der Waals surface area (Å²) in [6.07, 6.45) is 2.08. The minimum atomic E-state index is -0.418. The Morgan fingerprint density at radius 3 is 2.50 bits per heavy atom. The van der Waals surface area contributed by atoms with Crippen LogP contribution in [0.4, 0.5) is 0 Å². The van der Waals surface area contributed by atoms with E-state index in [0.29, 0.717) is 28.9 Å². The fourth-order valence-electron chi connectivity index (χ4n) is 1.50. The maximum absolute atomic E-state index is 11.3. The maximum Gasteiger partial charge on any atom is 0.337 e. The fourth-order valence-corrected chi connectivity index (χ4v) is 1.50. The summed E-state index contributed by atoms with van der Waals surface area (Å²) in [5.74, 6) is 0.0647. The lowest BCUT2D eigenvalue weighted by Crippen LogP contribution is -2.01. The average Bonchev–Trinajstić information content (AvgIpc) is 2.47. The standard InChI is InChI=1S/C14H12N2O4/c1-9-11(8-17)7-15-14(16-9)20-12-5-3-10(4-6-12)13(18)19-2/h3-8H,1-2H3. The second-order valence-electron chi connectivity index (χ2n) is 3.93. The van der Waals surface area contributed by atoms with Gasteiger partial charge in [-0.25, -0.2) is 9.78 Å². The molecule has 0 aliphatic rings. The van der Waals surface area contributed by atoms with E-state index in [4.69, 9.17) is 4.74 Å². The number of carbonyl (C=O) groups excluding carboxylic acids is 2. The van der Waals surface area contributed by atoms with Gasteiger partial charge in [-0.1, -0.05) is 0 Å². The second kappa shape index (κ2) is 5.92. The van der Waals surface area contributed by atoms with E-state index < -0.39 is 5.97 Å². The number of hydrogen-bond donors (Lipinski definition) is 0. The average molecular weight is 272 g/mol. The Bertz CT molecular complexity index is 638. The molecule has 6 heteroatoms. The molecule has 2 rings (SSSR count). The molecule has 0 aliphatic carbocycles. The Balaban J connectivity index is 2.16. The van der Waals surface area contributed by atoms with Gasteiger partial charge >= 0.3 is 12.0 Å². The number of aromatic nitrogens is 2. The Morgan fingerprint density at radius 1 is 1.25 bits per heavy atom. The predicted molar refractivity (Wildman–Crippen MR) is 70.0 cm³/mol. The highest BCUT2D eigenvalue weighted by Gasteiger charge is 2.07. The molecular formula is C14H12N2O4. The van der Waals surface area contributed by atoms with Crippen molar-refractivity contribution in [1.82, 2.24) is 9.97 Å². The first-order chi connectivity index (χ1) is 9.63. The van der Waals surface area contributed by atoms with Gasteiger partial charge in [-0.05, 0) is 31.2 Å². The van der Waals surface area contributed by atoms with Crippen molar-refractivity contribution in [2.75, 3.05) is 7.11 Å². The summed E-state index contributed by atoms with van der Waals surface area (Å²) in [6.45, 7) is 1.69. The van der Waals surface area contributed by atoms with Gasteiger partial charge < -0.3 is 9.47 Å². The Kier molecular flexibility index (Phi) is 4.05. The molecule has 0 saturated heterocycles. The van der Waals surface area contributed by atoms with E-state index >= 15 is 0 Å². The lowest BCUT2D eigenvalue weighted by atomic mass is 10.2. The van der Waals surface area contributed by atoms with Gasteiger partial charge in [-0.15, -0.1) is 0 Å². The Hall–Kier alpha value is -2.76. The van der Waals surface area contributed by atoms with Crippen molar-refractivity contribution in [3.63, 3.8) is 0 Å². The summed E-state index contributed by atoms with van der Waals surface area (Å²) in [7, 11) is 1.32. The lowest BCUT2D eigenvalue weighted by molar-refractivity contribution is 0.0600. The van der Waals surface area contributed by atoms with Crippen LogP contribution >= 0.6 is 0 Å². The number of hydrogen-bond acceptors (Lipinski definition) is 6. The van der Waals surface area contributed by atoms with Crippen molar-refractivity contribution < 1.29 is 19.1 Å². The molecule has 1 aromatic heterocycles. The summed E-state index contributed by atoms with van der Waals surface area (Å²) < 4.78 is 10.0. The maximum atomic E-state index is 11.3. The zero-order chi connectivity index (χ0) is 14.5. The molecule has 2 aromatic rings. The van der Waals surface area contributed by atoms with Gasteiger partial charge in [0, 0.05) is 6.20 Å². The van der Waals surface area contributed by atoms with Crippen molar-refractivity contribution in [1.29, 1.82) is 0 Å². The van der Waals surface area contributed by atoms with Crippen molar-refractivity contribution in [2.45, 2.75) is 6.92 Å². The van der Waals surface area contributed by atoms with Crippen LogP contribution in [0.25, 0.3) is 0 Å². The Morgan fingerprint density at radius 2 is 1.95 bits per heavy atom. The number of nitrogens with zero attached hydrogens (tertiary/aromatic N) is 2. The van der Waals surface area contributed by atoms with Gasteiger partial charge in [0.2, 0.25) is 0 Å². The van der Waals surface area contributed by atoms with Gasteiger partial charge in [0.05, 0.1) is 23.9 Å². The molecule has 0 amide bonds. The molecule has 0 fully saturated rings. The van der Waals surface area contributed by atoms with Crippen molar-refractivity contribution >= 4 is 12.3 Å². The molecule has 0 unspecified atom stereocenters. The van der Waals surface area contributed by atoms with E-state index in [0.717, 1.165) is 0 Å². The van der Waals surface area contributed by atoms with Crippen LogP contribution in [0, 0.1) is 6.92 Å². The molecule has 1 heterocycles. The molecule has 1 aromatic carbocycles. The van der Waals surface area contributed by atoms with Gasteiger partial charge in [-0.3, -0.25) is 4.79 Å². The number of rotatable bonds is 4. The zero-order valence-electron chi connectivity index (χ0n) is 11.0. The summed E-state index contributed by atoms with van der Waals surface area (Å²) in [5, 5.41) is 0. The van der Waals surface area contributed by atoms with Gasteiger partial charge in [0.1, 0.15) is 5.75 Å². The summed E-state index contributed by atoms with van der Waals surface area (Å²) in [6, 6.07) is 6.51. The number of esters is 1. The molecule has 20 heavy (non-hydrogen) atoms.